The highest BCUT2D eigenvalue weighted by Crippen LogP contribution is 2.61. The summed E-state index contributed by atoms with van der Waals surface area (Å²) >= 11 is 3.54. The second-order valence-electron chi connectivity index (χ2n) is 5.31. The normalized spacial score (nSPS) is 28.9. The summed E-state index contributed by atoms with van der Waals surface area (Å²) in [6.45, 7) is 2.34. The fourth-order valence-corrected chi connectivity index (χ4v) is 3.65. The van der Waals surface area contributed by atoms with Crippen LogP contribution in [0, 0.1) is 5.92 Å². The third-order valence-corrected chi connectivity index (χ3v) is 4.86. The minimum absolute atomic E-state index is 0.356. The van der Waals surface area contributed by atoms with E-state index in [1.807, 2.05) is 6.20 Å². The van der Waals surface area contributed by atoms with Crippen molar-refractivity contribution in [1.29, 1.82) is 0 Å². The number of fused-ring (bicyclic) bond motifs is 4. The number of aromatic nitrogens is 1. The molecule has 1 aromatic heterocycles. The van der Waals surface area contributed by atoms with Gasteiger partial charge in [0.15, 0.2) is 5.76 Å². The highest BCUT2D eigenvalue weighted by atomic mass is 79.9. The molecule has 0 aliphatic heterocycles. The van der Waals surface area contributed by atoms with Gasteiger partial charge in [-0.3, -0.25) is 0 Å². The molecule has 0 unspecified atom stereocenters. The smallest absolute Gasteiger partial charge is 0.170 e. The number of rotatable bonds is 0. The first-order chi connectivity index (χ1) is 8.21. The molecule has 1 heterocycles. The number of hydrogen-bond acceptors (Lipinski definition) is 2. The van der Waals surface area contributed by atoms with E-state index in [2.05, 4.69) is 46.2 Å². The lowest BCUT2D eigenvalue weighted by molar-refractivity contribution is 0.428. The van der Waals surface area contributed by atoms with Crippen molar-refractivity contribution in [3.05, 3.63) is 40.0 Å². The monoisotopic (exact) mass is 289 g/mol. The molecule has 1 aromatic carbocycles. The molecule has 4 rings (SSSR count). The van der Waals surface area contributed by atoms with E-state index in [0.717, 1.165) is 22.6 Å². The van der Waals surface area contributed by atoms with E-state index in [0.29, 0.717) is 5.41 Å². The van der Waals surface area contributed by atoms with Crippen LogP contribution in [0.15, 0.2) is 33.4 Å². The van der Waals surface area contributed by atoms with Crippen LogP contribution in [0.1, 0.15) is 24.5 Å². The van der Waals surface area contributed by atoms with E-state index in [1.165, 1.54) is 23.1 Å². The molecule has 3 heteroatoms. The van der Waals surface area contributed by atoms with E-state index >= 15 is 0 Å². The lowest BCUT2D eigenvalue weighted by Gasteiger charge is -2.25. The van der Waals surface area contributed by atoms with Crippen LogP contribution in [-0.4, -0.2) is 5.16 Å². The van der Waals surface area contributed by atoms with Crippen molar-refractivity contribution in [2.45, 2.75) is 25.2 Å². The SMILES string of the molecule is C[C@H]1C[C@@]12Cc1cnoc1-c1cc(Br)ccc12. The van der Waals surface area contributed by atoms with Gasteiger partial charge in [-0.15, -0.1) is 0 Å². The van der Waals surface area contributed by atoms with E-state index in [9.17, 15) is 0 Å². The van der Waals surface area contributed by atoms with Crippen molar-refractivity contribution in [1.82, 2.24) is 5.16 Å². The highest BCUT2D eigenvalue weighted by Gasteiger charge is 2.55. The topological polar surface area (TPSA) is 26.0 Å². The molecule has 2 atom stereocenters. The Morgan fingerprint density at radius 1 is 1.47 bits per heavy atom. The van der Waals surface area contributed by atoms with Gasteiger partial charge in [-0.1, -0.05) is 34.1 Å². The predicted octanol–water partition coefficient (Wildman–Crippen LogP) is 3.94. The summed E-state index contributed by atoms with van der Waals surface area (Å²) in [5, 5.41) is 3.96. The van der Waals surface area contributed by atoms with Crippen LogP contribution in [0.5, 0.6) is 0 Å². The lowest BCUT2D eigenvalue weighted by atomic mass is 9.78. The maximum absolute atomic E-state index is 5.42. The summed E-state index contributed by atoms with van der Waals surface area (Å²) in [6, 6.07) is 6.53. The van der Waals surface area contributed by atoms with Crippen LogP contribution < -0.4 is 0 Å². The van der Waals surface area contributed by atoms with E-state index in [1.54, 1.807) is 0 Å². The van der Waals surface area contributed by atoms with Gasteiger partial charge in [-0.25, -0.2) is 0 Å². The maximum atomic E-state index is 5.42. The maximum Gasteiger partial charge on any atom is 0.170 e. The van der Waals surface area contributed by atoms with Crippen LogP contribution in [0.3, 0.4) is 0 Å². The standard InChI is InChI=1S/C14H12BrNO/c1-8-5-14(8)6-9-7-16-17-13(9)11-4-10(15)2-3-12(11)14/h2-4,7-8H,5-6H2,1H3/t8-,14+/m0/s1. The molecule has 2 aromatic rings. The summed E-state index contributed by atoms with van der Waals surface area (Å²) in [5.41, 5.74) is 4.29. The molecule has 0 saturated heterocycles. The number of nitrogens with zero attached hydrogens (tertiary/aromatic N) is 1. The Bertz CT molecular complexity index is 618. The Balaban J connectivity index is 2.03. The predicted molar refractivity (Wildman–Crippen MR) is 68.8 cm³/mol. The largest absolute Gasteiger partial charge is 0.356 e. The fraction of sp³-hybridized carbons (Fsp3) is 0.357. The molecule has 0 bridgehead atoms. The average Bonchev–Trinajstić information content (AvgIpc) is 2.75. The minimum atomic E-state index is 0.356. The Morgan fingerprint density at radius 2 is 2.29 bits per heavy atom. The van der Waals surface area contributed by atoms with Crippen LogP contribution in [0.25, 0.3) is 11.3 Å². The second kappa shape index (κ2) is 3.02. The van der Waals surface area contributed by atoms with E-state index in [-0.39, 0.29) is 0 Å². The van der Waals surface area contributed by atoms with Crippen LogP contribution in [0.2, 0.25) is 0 Å². The fourth-order valence-electron chi connectivity index (χ4n) is 3.29. The number of halogens is 1. The van der Waals surface area contributed by atoms with Gasteiger partial charge in [-0.2, -0.15) is 0 Å². The molecule has 2 aliphatic rings. The molecular weight excluding hydrogens is 278 g/mol. The van der Waals surface area contributed by atoms with Gasteiger partial charge in [-0.05, 0) is 36.5 Å². The zero-order chi connectivity index (χ0) is 11.6. The third-order valence-electron chi connectivity index (χ3n) is 4.37. The molecule has 1 fully saturated rings. The van der Waals surface area contributed by atoms with Crippen molar-refractivity contribution >= 4 is 15.9 Å². The quantitative estimate of drug-likeness (QED) is 0.734. The highest BCUT2D eigenvalue weighted by molar-refractivity contribution is 9.10. The average molecular weight is 290 g/mol. The molecule has 1 spiro atoms. The summed E-state index contributed by atoms with van der Waals surface area (Å²) in [6.07, 6.45) is 4.25. The molecule has 0 radical (unpaired) electrons. The molecule has 2 aliphatic carbocycles. The molecule has 17 heavy (non-hydrogen) atoms. The van der Waals surface area contributed by atoms with Gasteiger partial charge in [0.05, 0.1) is 6.20 Å². The molecule has 86 valence electrons. The lowest BCUT2D eigenvalue weighted by Crippen LogP contribution is -2.18. The molecule has 0 N–H and O–H groups in total. The van der Waals surface area contributed by atoms with Crippen LogP contribution in [0.4, 0.5) is 0 Å². The van der Waals surface area contributed by atoms with Crippen molar-refractivity contribution in [2.24, 2.45) is 5.92 Å². The van der Waals surface area contributed by atoms with Crippen LogP contribution in [-0.2, 0) is 11.8 Å². The van der Waals surface area contributed by atoms with Gasteiger partial charge < -0.3 is 4.52 Å². The zero-order valence-corrected chi connectivity index (χ0v) is 11.1. The minimum Gasteiger partial charge on any atom is -0.356 e. The van der Waals surface area contributed by atoms with Crippen molar-refractivity contribution < 1.29 is 4.52 Å². The molecular formula is C14H12BrNO. The summed E-state index contributed by atoms with van der Waals surface area (Å²) in [7, 11) is 0. The Labute approximate surface area is 108 Å². The molecule has 0 amide bonds. The van der Waals surface area contributed by atoms with Gasteiger partial charge in [0, 0.05) is 21.0 Å². The molecule has 2 nitrogen and oxygen atoms in total. The number of benzene rings is 1. The molecule has 1 saturated carbocycles. The van der Waals surface area contributed by atoms with Crippen molar-refractivity contribution in [3.63, 3.8) is 0 Å². The summed E-state index contributed by atoms with van der Waals surface area (Å²) in [4.78, 5) is 0. The Hall–Kier alpha value is -1.09. The zero-order valence-electron chi connectivity index (χ0n) is 9.53. The van der Waals surface area contributed by atoms with Crippen molar-refractivity contribution in [2.75, 3.05) is 0 Å². The van der Waals surface area contributed by atoms with Gasteiger partial charge in [0.2, 0.25) is 0 Å². The first-order valence-electron chi connectivity index (χ1n) is 5.95. The Kier molecular flexibility index (Phi) is 1.76. The van der Waals surface area contributed by atoms with Crippen LogP contribution >= 0.6 is 15.9 Å². The number of hydrogen-bond donors (Lipinski definition) is 0. The van der Waals surface area contributed by atoms with Gasteiger partial charge >= 0.3 is 0 Å². The Morgan fingerprint density at radius 3 is 3.06 bits per heavy atom. The van der Waals surface area contributed by atoms with E-state index in [4.69, 9.17) is 4.52 Å². The third kappa shape index (κ3) is 1.18. The van der Waals surface area contributed by atoms with Gasteiger partial charge in [0.25, 0.3) is 0 Å². The van der Waals surface area contributed by atoms with E-state index < -0.39 is 0 Å². The van der Waals surface area contributed by atoms with Gasteiger partial charge in [0.1, 0.15) is 0 Å². The van der Waals surface area contributed by atoms with Crippen molar-refractivity contribution in [3.8, 4) is 11.3 Å². The summed E-state index contributed by atoms with van der Waals surface area (Å²) < 4.78 is 6.52. The second-order valence-corrected chi connectivity index (χ2v) is 6.22. The summed E-state index contributed by atoms with van der Waals surface area (Å²) in [5.74, 6) is 1.73. The first-order valence-corrected chi connectivity index (χ1v) is 6.74. The first kappa shape index (κ1) is 9.89.